The van der Waals surface area contributed by atoms with Gasteiger partial charge in [0.1, 0.15) is 0 Å². The molecule has 1 N–H and O–H groups in total. The van der Waals surface area contributed by atoms with Crippen molar-refractivity contribution in [1.82, 2.24) is 20.4 Å². The van der Waals surface area contributed by atoms with Crippen molar-refractivity contribution in [3.05, 3.63) is 30.4 Å². The third-order valence-corrected chi connectivity index (χ3v) is 1.98. The van der Waals surface area contributed by atoms with Crippen LogP contribution in [-0.4, -0.2) is 27.1 Å². The van der Waals surface area contributed by atoms with Crippen molar-refractivity contribution < 1.29 is 9.32 Å². The lowest BCUT2D eigenvalue weighted by Gasteiger charge is -2.03. The number of hydrogen-bond donors (Lipinski definition) is 1. The summed E-state index contributed by atoms with van der Waals surface area (Å²) >= 11 is 0. The van der Waals surface area contributed by atoms with E-state index in [1.165, 1.54) is 0 Å². The lowest BCUT2D eigenvalue weighted by Crippen LogP contribution is -2.30. The summed E-state index contributed by atoms with van der Waals surface area (Å²) in [7, 11) is 0. The predicted octanol–water partition coefficient (Wildman–Crippen LogP) is 1.27. The van der Waals surface area contributed by atoms with Crippen LogP contribution in [0.3, 0.4) is 0 Å². The molecule has 0 aromatic carbocycles. The Kier molecular flexibility index (Phi) is 3.13. The molecule has 0 spiro atoms. The molecule has 6 nitrogen and oxygen atoms in total. The van der Waals surface area contributed by atoms with Crippen LogP contribution in [0, 0.1) is 0 Å². The van der Waals surface area contributed by atoms with Crippen molar-refractivity contribution in [2.75, 3.05) is 0 Å². The van der Waals surface area contributed by atoms with Crippen LogP contribution >= 0.6 is 0 Å². The molecule has 0 bridgehead atoms. The van der Waals surface area contributed by atoms with E-state index in [0.29, 0.717) is 5.82 Å². The summed E-state index contributed by atoms with van der Waals surface area (Å²) < 4.78 is 4.89. The number of carbonyl (C=O) groups is 1. The summed E-state index contributed by atoms with van der Waals surface area (Å²) in [6.45, 7) is 3.72. The maximum absolute atomic E-state index is 11.6. The fourth-order valence-electron chi connectivity index (χ4n) is 1.26. The third kappa shape index (κ3) is 2.66. The SMILES string of the molecule is CC(C)NC(=O)c1nc(-c2ccncc2)no1. The monoisotopic (exact) mass is 232 g/mol. The summed E-state index contributed by atoms with van der Waals surface area (Å²) in [5.74, 6) is -0.0281. The van der Waals surface area contributed by atoms with E-state index >= 15 is 0 Å². The fourth-order valence-corrected chi connectivity index (χ4v) is 1.26. The lowest BCUT2D eigenvalue weighted by molar-refractivity contribution is 0.0899. The minimum atomic E-state index is -0.368. The first-order chi connectivity index (χ1) is 8.16. The van der Waals surface area contributed by atoms with Crippen LogP contribution < -0.4 is 5.32 Å². The van der Waals surface area contributed by atoms with Gasteiger partial charge in [0, 0.05) is 24.0 Å². The molecule has 2 aromatic heterocycles. The zero-order chi connectivity index (χ0) is 12.3. The van der Waals surface area contributed by atoms with Crippen LogP contribution in [0.5, 0.6) is 0 Å². The molecule has 0 unspecified atom stereocenters. The molecule has 2 heterocycles. The Morgan fingerprint density at radius 2 is 2.06 bits per heavy atom. The van der Waals surface area contributed by atoms with Gasteiger partial charge < -0.3 is 9.84 Å². The standard InChI is InChI=1S/C11H12N4O2/c1-7(2)13-10(16)11-14-9(15-17-11)8-3-5-12-6-4-8/h3-7H,1-2H3,(H,13,16). The molecular formula is C11H12N4O2. The molecule has 17 heavy (non-hydrogen) atoms. The molecule has 0 atom stereocenters. The molecule has 0 aliphatic carbocycles. The molecule has 0 aliphatic heterocycles. The number of hydrogen-bond acceptors (Lipinski definition) is 5. The summed E-state index contributed by atoms with van der Waals surface area (Å²) in [6.07, 6.45) is 3.25. The largest absolute Gasteiger partial charge is 0.346 e. The maximum Gasteiger partial charge on any atom is 0.316 e. The predicted molar refractivity (Wildman–Crippen MR) is 60.1 cm³/mol. The number of nitrogens with one attached hydrogen (secondary N) is 1. The highest BCUT2D eigenvalue weighted by molar-refractivity contribution is 5.90. The Hall–Kier alpha value is -2.24. The molecule has 88 valence electrons. The van der Waals surface area contributed by atoms with E-state index in [1.807, 2.05) is 13.8 Å². The number of aromatic nitrogens is 3. The van der Waals surface area contributed by atoms with E-state index in [0.717, 1.165) is 5.56 Å². The molecule has 0 saturated carbocycles. The van der Waals surface area contributed by atoms with Crippen LogP contribution in [0.2, 0.25) is 0 Å². The van der Waals surface area contributed by atoms with Crippen molar-refractivity contribution in [1.29, 1.82) is 0 Å². The Labute approximate surface area is 98.1 Å². The van der Waals surface area contributed by atoms with Crippen LogP contribution in [0.1, 0.15) is 24.5 Å². The van der Waals surface area contributed by atoms with Gasteiger partial charge in [0.05, 0.1) is 0 Å². The zero-order valence-electron chi connectivity index (χ0n) is 9.54. The molecular weight excluding hydrogens is 220 g/mol. The average molecular weight is 232 g/mol. The second-order valence-electron chi connectivity index (χ2n) is 3.79. The van der Waals surface area contributed by atoms with E-state index in [-0.39, 0.29) is 17.8 Å². The van der Waals surface area contributed by atoms with Gasteiger partial charge in [-0.1, -0.05) is 5.16 Å². The molecule has 0 saturated heterocycles. The third-order valence-electron chi connectivity index (χ3n) is 1.98. The summed E-state index contributed by atoms with van der Waals surface area (Å²) in [5.41, 5.74) is 0.757. The van der Waals surface area contributed by atoms with Gasteiger partial charge in [-0.25, -0.2) is 0 Å². The summed E-state index contributed by atoms with van der Waals surface area (Å²) in [5, 5.41) is 6.42. The van der Waals surface area contributed by atoms with Crippen molar-refractivity contribution in [3.63, 3.8) is 0 Å². The minimum absolute atomic E-state index is 0.0266. The molecule has 0 aliphatic rings. The van der Waals surface area contributed by atoms with Gasteiger partial charge in [0.25, 0.3) is 0 Å². The van der Waals surface area contributed by atoms with Gasteiger partial charge in [0.2, 0.25) is 5.82 Å². The summed E-state index contributed by atoms with van der Waals surface area (Å²) in [4.78, 5) is 19.5. The number of pyridine rings is 1. The second kappa shape index (κ2) is 4.73. The van der Waals surface area contributed by atoms with E-state index in [1.54, 1.807) is 24.5 Å². The Morgan fingerprint density at radius 3 is 2.71 bits per heavy atom. The van der Waals surface area contributed by atoms with Gasteiger partial charge in [-0.05, 0) is 26.0 Å². The topological polar surface area (TPSA) is 80.9 Å². The summed E-state index contributed by atoms with van der Waals surface area (Å²) in [6, 6.07) is 3.52. The molecule has 2 rings (SSSR count). The first kappa shape index (κ1) is 11.3. The van der Waals surface area contributed by atoms with Crippen LogP contribution in [0.25, 0.3) is 11.4 Å². The second-order valence-corrected chi connectivity index (χ2v) is 3.79. The normalized spacial score (nSPS) is 10.5. The van der Waals surface area contributed by atoms with Crippen molar-refractivity contribution >= 4 is 5.91 Å². The highest BCUT2D eigenvalue weighted by atomic mass is 16.5. The van der Waals surface area contributed by atoms with Crippen LogP contribution in [0.15, 0.2) is 29.0 Å². The lowest BCUT2D eigenvalue weighted by atomic mass is 10.2. The number of rotatable bonds is 3. The van der Waals surface area contributed by atoms with Gasteiger partial charge in [0.15, 0.2) is 0 Å². The number of amides is 1. The fraction of sp³-hybridized carbons (Fsp3) is 0.273. The van der Waals surface area contributed by atoms with Crippen molar-refractivity contribution in [2.24, 2.45) is 0 Å². The molecule has 6 heteroatoms. The maximum atomic E-state index is 11.6. The first-order valence-corrected chi connectivity index (χ1v) is 5.22. The van der Waals surface area contributed by atoms with Crippen LogP contribution in [-0.2, 0) is 0 Å². The zero-order valence-corrected chi connectivity index (χ0v) is 9.54. The highest BCUT2D eigenvalue weighted by Gasteiger charge is 2.16. The molecule has 0 fully saturated rings. The Bertz CT molecular complexity index is 507. The van der Waals surface area contributed by atoms with E-state index in [4.69, 9.17) is 4.52 Å². The minimum Gasteiger partial charge on any atom is -0.346 e. The average Bonchev–Trinajstić information content (AvgIpc) is 2.78. The molecule has 1 amide bonds. The van der Waals surface area contributed by atoms with E-state index in [9.17, 15) is 4.79 Å². The molecule has 0 radical (unpaired) electrons. The van der Waals surface area contributed by atoms with Crippen molar-refractivity contribution in [2.45, 2.75) is 19.9 Å². The number of nitrogens with zero attached hydrogens (tertiary/aromatic N) is 3. The van der Waals surface area contributed by atoms with Crippen LogP contribution in [0.4, 0.5) is 0 Å². The smallest absolute Gasteiger partial charge is 0.316 e. The van der Waals surface area contributed by atoms with E-state index < -0.39 is 0 Å². The van der Waals surface area contributed by atoms with Crippen molar-refractivity contribution in [3.8, 4) is 11.4 Å². The quantitative estimate of drug-likeness (QED) is 0.861. The van der Waals surface area contributed by atoms with Gasteiger partial charge in [-0.2, -0.15) is 4.98 Å². The Morgan fingerprint density at radius 1 is 1.35 bits per heavy atom. The number of carbonyl (C=O) groups excluding carboxylic acids is 1. The Balaban J connectivity index is 2.19. The van der Waals surface area contributed by atoms with Gasteiger partial charge >= 0.3 is 11.8 Å². The van der Waals surface area contributed by atoms with Gasteiger partial charge in [-0.15, -0.1) is 0 Å². The first-order valence-electron chi connectivity index (χ1n) is 5.22. The van der Waals surface area contributed by atoms with Gasteiger partial charge in [-0.3, -0.25) is 9.78 Å². The van der Waals surface area contributed by atoms with E-state index in [2.05, 4.69) is 20.4 Å². The molecule has 2 aromatic rings. The highest BCUT2D eigenvalue weighted by Crippen LogP contribution is 2.13.